The van der Waals surface area contributed by atoms with Crippen LogP contribution < -0.4 is 5.73 Å². The number of nitrogens with two attached hydrogens (primary N) is 1. The predicted octanol–water partition coefficient (Wildman–Crippen LogP) is 1.51. The third-order valence-electron chi connectivity index (χ3n) is 1.60. The molecule has 0 aliphatic heterocycles. The zero-order valence-corrected chi connectivity index (χ0v) is 7.77. The van der Waals surface area contributed by atoms with Gasteiger partial charge in [0.2, 0.25) is 0 Å². The molecule has 0 aliphatic rings. The minimum Gasteiger partial charge on any atom is -0.329 e. The van der Waals surface area contributed by atoms with Crippen molar-refractivity contribution in [2.45, 2.75) is 27.7 Å². The lowest BCUT2D eigenvalue weighted by atomic mass is 9.87. The average Bonchev–Trinajstić information content (AvgIpc) is 1.86. The molecule has 2 N–H and O–H groups in total. The summed E-state index contributed by atoms with van der Waals surface area (Å²) in [4.78, 5) is 11.3. The Bertz CT molecular complexity index is 176. The highest BCUT2D eigenvalue weighted by Gasteiger charge is 2.22. The quantitative estimate of drug-likeness (QED) is 0.628. The molecule has 0 saturated heterocycles. The molecule has 0 aliphatic carbocycles. The molecule has 2 nitrogen and oxygen atoms in total. The van der Waals surface area contributed by atoms with E-state index in [1.807, 2.05) is 27.7 Å². The van der Waals surface area contributed by atoms with Gasteiger partial charge in [-0.05, 0) is 19.9 Å². The summed E-state index contributed by atoms with van der Waals surface area (Å²) in [5, 5.41) is 0. The second-order valence-corrected chi connectivity index (χ2v) is 3.67. The molecule has 0 aromatic carbocycles. The zero-order chi connectivity index (χ0) is 9.07. The molecule has 0 unspecified atom stereocenters. The highest BCUT2D eigenvalue weighted by atomic mass is 16.1. The first-order chi connectivity index (χ1) is 4.90. The van der Waals surface area contributed by atoms with Gasteiger partial charge in [-0.25, -0.2) is 0 Å². The van der Waals surface area contributed by atoms with Crippen LogP contribution in [0, 0.1) is 5.41 Å². The molecular weight excluding hydrogens is 138 g/mol. The fraction of sp³-hybridized carbons (Fsp3) is 0.667. The van der Waals surface area contributed by atoms with Crippen LogP contribution in [-0.2, 0) is 4.79 Å². The second-order valence-electron chi connectivity index (χ2n) is 3.67. The van der Waals surface area contributed by atoms with Crippen LogP contribution in [0.15, 0.2) is 11.6 Å². The van der Waals surface area contributed by atoms with Crippen LogP contribution in [0.3, 0.4) is 0 Å². The van der Waals surface area contributed by atoms with Gasteiger partial charge >= 0.3 is 0 Å². The number of carbonyl (C=O) groups excluding carboxylic acids is 1. The van der Waals surface area contributed by atoms with E-state index in [4.69, 9.17) is 5.73 Å². The molecule has 0 heterocycles. The molecule has 64 valence electrons. The van der Waals surface area contributed by atoms with Gasteiger partial charge < -0.3 is 5.73 Å². The van der Waals surface area contributed by atoms with Crippen molar-refractivity contribution in [3.63, 3.8) is 0 Å². The molecule has 0 amide bonds. The van der Waals surface area contributed by atoms with Crippen molar-refractivity contribution in [3.8, 4) is 0 Å². The molecule has 0 saturated carbocycles. The van der Waals surface area contributed by atoms with Gasteiger partial charge in [-0.3, -0.25) is 4.79 Å². The van der Waals surface area contributed by atoms with E-state index in [9.17, 15) is 4.79 Å². The highest BCUT2D eigenvalue weighted by Crippen LogP contribution is 2.15. The molecule has 2 heteroatoms. The molecule has 11 heavy (non-hydrogen) atoms. The third-order valence-corrected chi connectivity index (χ3v) is 1.60. The van der Waals surface area contributed by atoms with E-state index in [2.05, 4.69) is 0 Å². The van der Waals surface area contributed by atoms with Crippen molar-refractivity contribution in [2.24, 2.45) is 11.1 Å². The molecule has 0 spiro atoms. The summed E-state index contributed by atoms with van der Waals surface area (Å²) >= 11 is 0. The zero-order valence-electron chi connectivity index (χ0n) is 7.77. The Morgan fingerprint density at radius 2 is 1.91 bits per heavy atom. The van der Waals surface area contributed by atoms with E-state index in [0.717, 1.165) is 5.57 Å². The van der Waals surface area contributed by atoms with E-state index < -0.39 is 5.41 Å². The molecule has 0 aromatic heterocycles. The average molecular weight is 155 g/mol. The molecule has 0 radical (unpaired) electrons. The first-order valence-corrected chi connectivity index (χ1v) is 3.79. The Balaban J connectivity index is 4.37. The number of ketones is 1. The summed E-state index contributed by atoms with van der Waals surface area (Å²) in [7, 11) is 0. The lowest BCUT2D eigenvalue weighted by Crippen LogP contribution is -2.31. The van der Waals surface area contributed by atoms with Gasteiger partial charge in [-0.1, -0.05) is 19.4 Å². The monoisotopic (exact) mass is 155 g/mol. The molecular formula is C9H17NO. The minimum absolute atomic E-state index is 0.111. The summed E-state index contributed by atoms with van der Waals surface area (Å²) in [6.45, 7) is 7.92. The van der Waals surface area contributed by atoms with Crippen LogP contribution in [0.2, 0.25) is 0 Å². The van der Waals surface area contributed by atoms with E-state index in [0.29, 0.717) is 6.54 Å². The van der Waals surface area contributed by atoms with Gasteiger partial charge in [0, 0.05) is 12.0 Å². The first kappa shape index (κ1) is 10.4. The Morgan fingerprint density at radius 3 is 2.18 bits per heavy atom. The molecule has 0 aromatic rings. The maximum atomic E-state index is 11.3. The van der Waals surface area contributed by atoms with E-state index in [1.165, 1.54) is 0 Å². The lowest BCUT2D eigenvalue weighted by molar-refractivity contribution is -0.121. The smallest absolute Gasteiger partial charge is 0.162 e. The summed E-state index contributed by atoms with van der Waals surface area (Å²) in [6.07, 6.45) is 1.65. The Hall–Kier alpha value is -0.630. The summed E-state index contributed by atoms with van der Waals surface area (Å²) in [5.74, 6) is 0.111. The topological polar surface area (TPSA) is 43.1 Å². The number of allylic oxidation sites excluding steroid dienone is 2. The summed E-state index contributed by atoms with van der Waals surface area (Å²) in [6, 6.07) is 0. The van der Waals surface area contributed by atoms with Crippen LogP contribution in [0.4, 0.5) is 0 Å². The first-order valence-electron chi connectivity index (χ1n) is 3.79. The normalized spacial score (nSPS) is 11.0. The van der Waals surface area contributed by atoms with Gasteiger partial charge in [-0.15, -0.1) is 0 Å². The van der Waals surface area contributed by atoms with Crippen molar-refractivity contribution < 1.29 is 4.79 Å². The van der Waals surface area contributed by atoms with E-state index >= 15 is 0 Å². The summed E-state index contributed by atoms with van der Waals surface area (Å²) in [5.41, 5.74) is 6.05. The molecule has 0 fully saturated rings. The fourth-order valence-corrected chi connectivity index (χ4v) is 0.558. The van der Waals surface area contributed by atoms with Gasteiger partial charge in [-0.2, -0.15) is 0 Å². The van der Waals surface area contributed by atoms with Crippen molar-refractivity contribution >= 4 is 5.78 Å². The Kier molecular flexibility index (Phi) is 3.46. The highest BCUT2D eigenvalue weighted by molar-refractivity contribution is 5.94. The number of carbonyl (C=O) groups is 1. The van der Waals surface area contributed by atoms with Gasteiger partial charge in [0.1, 0.15) is 0 Å². The van der Waals surface area contributed by atoms with Crippen LogP contribution in [0.25, 0.3) is 0 Å². The lowest BCUT2D eigenvalue weighted by Gasteiger charge is -2.18. The third kappa shape index (κ3) is 3.33. The van der Waals surface area contributed by atoms with Crippen molar-refractivity contribution in [2.75, 3.05) is 6.54 Å². The van der Waals surface area contributed by atoms with E-state index in [-0.39, 0.29) is 5.78 Å². The molecule has 0 atom stereocenters. The van der Waals surface area contributed by atoms with Crippen molar-refractivity contribution in [3.05, 3.63) is 11.6 Å². The van der Waals surface area contributed by atoms with Crippen molar-refractivity contribution in [1.82, 2.24) is 0 Å². The molecule has 0 rings (SSSR count). The Morgan fingerprint density at radius 1 is 1.45 bits per heavy atom. The minimum atomic E-state index is -0.405. The largest absolute Gasteiger partial charge is 0.329 e. The maximum Gasteiger partial charge on any atom is 0.162 e. The SMILES string of the molecule is CC(C)=CC(=O)C(C)(C)CN. The van der Waals surface area contributed by atoms with Gasteiger partial charge in [0.05, 0.1) is 0 Å². The second kappa shape index (κ2) is 3.67. The van der Waals surface area contributed by atoms with Crippen molar-refractivity contribution in [1.29, 1.82) is 0 Å². The van der Waals surface area contributed by atoms with Crippen LogP contribution in [-0.4, -0.2) is 12.3 Å². The fourth-order valence-electron chi connectivity index (χ4n) is 0.558. The Labute approximate surface area is 68.5 Å². The van der Waals surface area contributed by atoms with Gasteiger partial charge in [0.25, 0.3) is 0 Å². The van der Waals surface area contributed by atoms with Crippen LogP contribution in [0.1, 0.15) is 27.7 Å². The number of hydrogen-bond acceptors (Lipinski definition) is 2. The predicted molar refractivity (Wildman–Crippen MR) is 47.3 cm³/mol. The van der Waals surface area contributed by atoms with Crippen LogP contribution in [0.5, 0.6) is 0 Å². The van der Waals surface area contributed by atoms with Crippen LogP contribution >= 0.6 is 0 Å². The van der Waals surface area contributed by atoms with Gasteiger partial charge in [0.15, 0.2) is 5.78 Å². The number of rotatable bonds is 3. The molecule has 0 bridgehead atoms. The standard InChI is InChI=1S/C9H17NO/c1-7(2)5-8(11)9(3,4)6-10/h5H,6,10H2,1-4H3. The number of hydrogen-bond donors (Lipinski definition) is 1. The summed E-state index contributed by atoms with van der Waals surface area (Å²) < 4.78 is 0. The maximum absolute atomic E-state index is 11.3. The van der Waals surface area contributed by atoms with E-state index in [1.54, 1.807) is 6.08 Å².